The zero-order valence-corrected chi connectivity index (χ0v) is 14.8. The number of fused-ring (bicyclic) bond motifs is 1. The lowest BCUT2D eigenvalue weighted by atomic mass is 10.1. The average molecular weight is 342 g/mol. The van der Waals surface area contributed by atoms with Crippen LogP contribution in [0.3, 0.4) is 0 Å². The Kier molecular flexibility index (Phi) is 4.66. The van der Waals surface area contributed by atoms with Gasteiger partial charge in [0.15, 0.2) is 0 Å². The van der Waals surface area contributed by atoms with Gasteiger partial charge in [-0.3, -0.25) is 4.79 Å². The number of hydrogen-bond acceptors (Lipinski definition) is 3. The van der Waals surface area contributed by atoms with Crippen molar-refractivity contribution in [2.75, 3.05) is 19.7 Å². The summed E-state index contributed by atoms with van der Waals surface area (Å²) in [5.41, 5.74) is 1.18. The van der Waals surface area contributed by atoms with Gasteiger partial charge in [0.05, 0.1) is 18.0 Å². The number of carbonyl (C=O) groups excluding carboxylic acids is 1. The van der Waals surface area contributed by atoms with E-state index in [1.165, 1.54) is 5.52 Å². The van der Waals surface area contributed by atoms with E-state index >= 15 is 0 Å². The first kappa shape index (κ1) is 16.5. The lowest BCUT2D eigenvalue weighted by Crippen LogP contribution is -2.42. The molecule has 2 fully saturated rings. The van der Waals surface area contributed by atoms with Crippen molar-refractivity contribution < 1.29 is 14.3 Å². The molecule has 0 spiro atoms. The Morgan fingerprint density at radius 2 is 2.08 bits per heavy atom. The molecule has 0 aliphatic carbocycles. The molecular formula is C20H26N2O3. The molecule has 5 heteroatoms. The number of piperidine rings is 1. The summed E-state index contributed by atoms with van der Waals surface area (Å²) in [6, 6.07) is 8.29. The molecule has 2 aliphatic heterocycles. The van der Waals surface area contributed by atoms with E-state index in [-0.39, 0.29) is 18.1 Å². The Labute approximate surface area is 148 Å². The minimum atomic E-state index is 0.136. The summed E-state index contributed by atoms with van der Waals surface area (Å²) in [7, 11) is 2.05. The number of amides is 1. The first-order valence-corrected chi connectivity index (χ1v) is 9.31. The van der Waals surface area contributed by atoms with Gasteiger partial charge in [-0.15, -0.1) is 0 Å². The highest BCUT2D eigenvalue weighted by Gasteiger charge is 2.27. The molecule has 5 nitrogen and oxygen atoms in total. The number of likely N-dealkylation sites (tertiary alicyclic amines) is 1. The fraction of sp³-hybridized carbons (Fsp3) is 0.550. The van der Waals surface area contributed by atoms with Crippen LogP contribution in [0.2, 0.25) is 0 Å². The van der Waals surface area contributed by atoms with E-state index in [0.29, 0.717) is 6.42 Å². The molecule has 25 heavy (non-hydrogen) atoms. The quantitative estimate of drug-likeness (QED) is 0.857. The second kappa shape index (κ2) is 7.08. The molecule has 0 saturated carbocycles. The summed E-state index contributed by atoms with van der Waals surface area (Å²) in [6.07, 6.45) is 6.79. The van der Waals surface area contributed by atoms with Crippen molar-refractivity contribution in [1.29, 1.82) is 0 Å². The molecule has 2 saturated heterocycles. The van der Waals surface area contributed by atoms with Gasteiger partial charge in [0.2, 0.25) is 5.91 Å². The van der Waals surface area contributed by atoms with Gasteiger partial charge >= 0.3 is 0 Å². The van der Waals surface area contributed by atoms with Crippen molar-refractivity contribution in [3.05, 3.63) is 30.5 Å². The predicted molar refractivity (Wildman–Crippen MR) is 96.7 cm³/mol. The second-order valence-corrected chi connectivity index (χ2v) is 7.15. The number of hydrogen-bond donors (Lipinski definition) is 0. The number of aromatic nitrogens is 1. The molecule has 0 radical (unpaired) electrons. The van der Waals surface area contributed by atoms with Crippen molar-refractivity contribution in [3.8, 4) is 5.75 Å². The molecular weight excluding hydrogens is 316 g/mol. The van der Waals surface area contributed by atoms with E-state index in [0.717, 1.165) is 56.5 Å². The Balaban J connectivity index is 1.33. The lowest BCUT2D eigenvalue weighted by Gasteiger charge is -2.33. The van der Waals surface area contributed by atoms with Gasteiger partial charge in [0.1, 0.15) is 11.9 Å². The SMILES string of the molecule is Cn1ccc2c(OC3CCN(C(=O)CC4CCCO4)CC3)cccc21. The van der Waals surface area contributed by atoms with Crippen molar-refractivity contribution in [2.45, 2.75) is 44.3 Å². The van der Waals surface area contributed by atoms with Gasteiger partial charge in [-0.1, -0.05) is 6.07 Å². The van der Waals surface area contributed by atoms with Crippen molar-refractivity contribution in [3.63, 3.8) is 0 Å². The van der Waals surface area contributed by atoms with E-state index < -0.39 is 0 Å². The van der Waals surface area contributed by atoms with Crippen LogP contribution in [-0.4, -0.2) is 47.3 Å². The zero-order valence-electron chi connectivity index (χ0n) is 14.8. The highest BCUT2D eigenvalue weighted by molar-refractivity contribution is 5.86. The van der Waals surface area contributed by atoms with Crippen LogP contribution in [0.15, 0.2) is 30.5 Å². The minimum Gasteiger partial charge on any atom is -0.490 e. The van der Waals surface area contributed by atoms with Crippen LogP contribution in [0, 0.1) is 0 Å². The number of rotatable bonds is 4. The third kappa shape index (κ3) is 3.52. The first-order chi connectivity index (χ1) is 12.2. The molecule has 134 valence electrons. The average Bonchev–Trinajstić information content (AvgIpc) is 3.26. The largest absolute Gasteiger partial charge is 0.490 e. The van der Waals surface area contributed by atoms with Gasteiger partial charge in [0.25, 0.3) is 0 Å². The van der Waals surface area contributed by atoms with E-state index in [1.54, 1.807) is 0 Å². The predicted octanol–water partition coefficient (Wildman–Crippen LogP) is 3.12. The molecule has 4 rings (SSSR count). The maximum absolute atomic E-state index is 12.4. The highest BCUT2D eigenvalue weighted by Crippen LogP contribution is 2.29. The smallest absolute Gasteiger partial charge is 0.225 e. The number of carbonyl (C=O) groups is 1. The van der Waals surface area contributed by atoms with Crippen molar-refractivity contribution in [1.82, 2.24) is 9.47 Å². The van der Waals surface area contributed by atoms with Crippen LogP contribution < -0.4 is 4.74 Å². The topological polar surface area (TPSA) is 43.7 Å². The van der Waals surface area contributed by atoms with Crippen LogP contribution in [0.4, 0.5) is 0 Å². The van der Waals surface area contributed by atoms with Crippen LogP contribution >= 0.6 is 0 Å². The van der Waals surface area contributed by atoms with Gasteiger partial charge in [-0.05, 0) is 31.0 Å². The maximum Gasteiger partial charge on any atom is 0.225 e. The van der Waals surface area contributed by atoms with E-state index in [1.807, 2.05) is 24.1 Å². The van der Waals surface area contributed by atoms with E-state index in [2.05, 4.69) is 22.9 Å². The van der Waals surface area contributed by atoms with Gasteiger partial charge in [-0.2, -0.15) is 0 Å². The number of aryl methyl sites for hydroxylation is 1. The molecule has 0 bridgehead atoms. The second-order valence-electron chi connectivity index (χ2n) is 7.15. The lowest BCUT2D eigenvalue weighted by molar-refractivity contribution is -0.135. The maximum atomic E-state index is 12.4. The van der Waals surface area contributed by atoms with Crippen LogP contribution in [0.25, 0.3) is 10.9 Å². The fourth-order valence-corrected chi connectivity index (χ4v) is 3.91. The monoisotopic (exact) mass is 342 g/mol. The number of ether oxygens (including phenoxy) is 2. The molecule has 3 heterocycles. The van der Waals surface area contributed by atoms with E-state index in [9.17, 15) is 4.79 Å². The fourth-order valence-electron chi connectivity index (χ4n) is 3.91. The normalized spacial score (nSPS) is 21.8. The molecule has 2 aromatic rings. The molecule has 1 aromatic heterocycles. The summed E-state index contributed by atoms with van der Waals surface area (Å²) in [5, 5.41) is 1.15. The van der Waals surface area contributed by atoms with Crippen LogP contribution in [0.5, 0.6) is 5.75 Å². The Morgan fingerprint density at radius 3 is 2.84 bits per heavy atom. The third-order valence-electron chi connectivity index (χ3n) is 5.40. The summed E-state index contributed by atoms with van der Waals surface area (Å²) in [4.78, 5) is 14.4. The third-order valence-corrected chi connectivity index (χ3v) is 5.40. The van der Waals surface area contributed by atoms with Gasteiger partial charge in [0, 0.05) is 51.2 Å². The first-order valence-electron chi connectivity index (χ1n) is 9.31. The Bertz CT molecular complexity index is 740. The summed E-state index contributed by atoms with van der Waals surface area (Å²) >= 11 is 0. The van der Waals surface area contributed by atoms with Crippen LogP contribution in [-0.2, 0) is 16.6 Å². The summed E-state index contributed by atoms with van der Waals surface area (Å²) in [5.74, 6) is 1.18. The standard InChI is InChI=1S/C20H26N2O3/c1-21-10-9-17-18(21)5-2-6-19(17)25-15-7-11-22(12-8-15)20(23)14-16-4-3-13-24-16/h2,5-6,9-10,15-16H,3-4,7-8,11-14H2,1H3. The molecule has 1 aromatic carbocycles. The number of nitrogens with zero attached hydrogens (tertiary/aromatic N) is 2. The number of benzene rings is 1. The Hall–Kier alpha value is -2.01. The summed E-state index contributed by atoms with van der Waals surface area (Å²) in [6.45, 7) is 2.36. The van der Waals surface area contributed by atoms with E-state index in [4.69, 9.17) is 9.47 Å². The molecule has 1 unspecified atom stereocenters. The summed E-state index contributed by atoms with van der Waals surface area (Å²) < 4.78 is 14.0. The molecule has 0 N–H and O–H groups in total. The van der Waals surface area contributed by atoms with Crippen molar-refractivity contribution in [2.24, 2.45) is 7.05 Å². The van der Waals surface area contributed by atoms with Crippen molar-refractivity contribution >= 4 is 16.8 Å². The van der Waals surface area contributed by atoms with Gasteiger partial charge < -0.3 is 18.9 Å². The zero-order chi connectivity index (χ0) is 17.2. The molecule has 1 amide bonds. The Morgan fingerprint density at radius 1 is 1.24 bits per heavy atom. The highest BCUT2D eigenvalue weighted by atomic mass is 16.5. The molecule has 1 atom stereocenters. The van der Waals surface area contributed by atoms with Crippen LogP contribution in [0.1, 0.15) is 32.1 Å². The van der Waals surface area contributed by atoms with Gasteiger partial charge in [-0.25, -0.2) is 0 Å². The minimum absolute atomic E-state index is 0.136. The molecule has 2 aliphatic rings.